The van der Waals surface area contributed by atoms with Crippen LogP contribution in [0.25, 0.3) is 0 Å². The predicted molar refractivity (Wildman–Crippen MR) is 89.8 cm³/mol. The molecule has 0 heterocycles. The number of anilines is 1. The minimum absolute atomic E-state index is 0.0156. The number of ether oxygens (including phenoxy) is 1. The molecule has 116 valence electrons. The van der Waals surface area contributed by atoms with Crippen LogP contribution in [0, 0.1) is 0 Å². The molecule has 1 rings (SSSR count). The van der Waals surface area contributed by atoms with Gasteiger partial charge in [-0.3, -0.25) is 4.79 Å². The Morgan fingerprint density at radius 3 is 2.52 bits per heavy atom. The van der Waals surface area contributed by atoms with Gasteiger partial charge in [-0.05, 0) is 49.8 Å². The molecule has 21 heavy (non-hydrogen) atoms. The second-order valence-electron chi connectivity index (χ2n) is 4.71. The Labute approximate surface area is 131 Å². The molecular formula is C15H23N3O2S. The maximum Gasteiger partial charge on any atom is 0.253 e. The van der Waals surface area contributed by atoms with Crippen molar-refractivity contribution in [3.05, 3.63) is 29.8 Å². The first-order chi connectivity index (χ1) is 10.0. The van der Waals surface area contributed by atoms with Crippen molar-refractivity contribution in [2.24, 2.45) is 0 Å². The average Bonchev–Trinajstić information content (AvgIpc) is 2.47. The zero-order chi connectivity index (χ0) is 15.7. The summed E-state index contributed by atoms with van der Waals surface area (Å²) in [5.41, 5.74) is 1.51. The van der Waals surface area contributed by atoms with E-state index in [0.29, 0.717) is 10.7 Å². The summed E-state index contributed by atoms with van der Waals surface area (Å²) < 4.78 is 5.25. The largest absolute Gasteiger partial charge is 0.382 e. The maximum atomic E-state index is 11.8. The van der Waals surface area contributed by atoms with Gasteiger partial charge >= 0.3 is 0 Å². The third-order valence-electron chi connectivity index (χ3n) is 2.75. The molecule has 0 bridgehead atoms. The summed E-state index contributed by atoms with van der Waals surface area (Å²) in [4.78, 5) is 13.3. The van der Waals surface area contributed by atoms with E-state index in [9.17, 15) is 4.79 Å². The van der Waals surface area contributed by atoms with Crippen molar-refractivity contribution < 1.29 is 9.53 Å². The number of nitrogens with one attached hydrogen (secondary N) is 2. The lowest BCUT2D eigenvalue weighted by atomic mass is 10.2. The van der Waals surface area contributed by atoms with E-state index in [4.69, 9.17) is 17.0 Å². The highest BCUT2D eigenvalue weighted by atomic mass is 32.1. The normalized spacial score (nSPS) is 10.0. The van der Waals surface area contributed by atoms with Crippen LogP contribution >= 0.6 is 12.2 Å². The summed E-state index contributed by atoms with van der Waals surface area (Å²) in [7, 11) is 3.46. The maximum absolute atomic E-state index is 11.8. The molecule has 0 aliphatic heterocycles. The Balaban J connectivity index is 2.38. The van der Waals surface area contributed by atoms with Crippen LogP contribution in [-0.2, 0) is 4.74 Å². The number of carbonyl (C=O) groups excluding carboxylic acids is 1. The zero-order valence-corrected chi connectivity index (χ0v) is 13.6. The smallest absolute Gasteiger partial charge is 0.253 e. The van der Waals surface area contributed by atoms with E-state index in [1.807, 2.05) is 19.1 Å². The monoisotopic (exact) mass is 309 g/mol. The van der Waals surface area contributed by atoms with Gasteiger partial charge in [0.15, 0.2) is 5.11 Å². The van der Waals surface area contributed by atoms with Crippen LogP contribution in [-0.4, -0.2) is 49.8 Å². The van der Waals surface area contributed by atoms with E-state index in [1.54, 1.807) is 31.1 Å². The first-order valence-corrected chi connectivity index (χ1v) is 7.39. The molecule has 0 aromatic heterocycles. The molecule has 0 radical (unpaired) electrons. The number of nitrogens with zero attached hydrogens (tertiary/aromatic N) is 1. The van der Waals surface area contributed by atoms with Gasteiger partial charge in [0, 0.05) is 45.1 Å². The number of rotatable bonds is 7. The molecule has 1 aromatic carbocycles. The van der Waals surface area contributed by atoms with Gasteiger partial charge in [-0.2, -0.15) is 0 Å². The van der Waals surface area contributed by atoms with Crippen molar-refractivity contribution in [1.29, 1.82) is 0 Å². The van der Waals surface area contributed by atoms with E-state index in [2.05, 4.69) is 10.6 Å². The molecule has 6 heteroatoms. The van der Waals surface area contributed by atoms with Gasteiger partial charge in [0.1, 0.15) is 0 Å². The standard InChI is InChI=1S/C15H23N3O2S/c1-4-20-11-5-10-16-15(21)17-13-8-6-12(7-9-13)14(19)18(2)3/h6-9H,4-5,10-11H2,1-3H3,(H2,16,17,21). The Hall–Kier alpha value is -1.66. The Bertz CT molecular complexity index is 460. The second kappa shape index (κ2) is 9.31. The van der Waals surface area contributed by atoms with Gasteiger partial charge in [0.2, 0.25) is 0 Å². The molecule has 0 aliphatic rings. The van der Waals surface area contributed by atoms with E-state index in [1.165, 1.54) is 0 Å². The third kappa shape index (κ3) is 6.55. The van der Waals surface area contributed by atoms with E-state index < -0.39 is 0 Å². The number of hydrogen-bond acceptors (Lipinski definition) is 3. The minimum atomic E-state index is -0.0156. The van der Waals surface area contributed by atoms with Gasteiger partial charge in [0.05, 0.1) is 0 Å². The molecule has 0 saturated heterocycles. The van der Waals surface area contributed by atoms with Crippen molar-refractivity contribution in [1.82, 2.24) is 10.2 Å². The van der Waals surface area contributed by atoms with E-state index in [0.717, 1.165) is 31.9 Å². The van der Waals surface area contributed by atoms with Gasteiger partial charge in [0.25, 0.3) is 5.91 Å². The summed E-state index contributed by atoms with van der Waals surface area (Å²) in [6, 6.07) is 7.24. The Morgan fingerprint density at radius 1 is 1.29 bits per heavy atom. The molecule has 1 aromatic rings. The molecule has 0 spiro atoms. The molecule has 5 nitrogen and oxygen atoms in total. The minimum Gasteiger partial charge on any atom is -0.382 e. The number of benzene rings is 1. The highest BCUT2D eigenvalue weighted by molar-refractivity contribution is 7.80. The molecule has 1 amide bonds. The second-order valence-corrected chi connectivity index (χ2v) is 5.12. The van der Waals surface area contributed by atoms with Gasteiger partial charge in [-0.1, -0.05) is 0 Å². The van der Waals surface area contributed by atoms with Gasteiger partial charge in [-0.15, -0.1) is 0 Å². The highest BCUT2D eigenvalue weighted by Gasteiger charge is 2.07. The number of thiocarbonyl (C=S) groups is 1. The van der Waals surface area contributed by atoms with Crippen molar-refractivity contribution in [2.75, 3.05) is 39.2 Å². The van der Waals surface area contributed by atoms with E-state index >= 15 is 0 Å². The third-order valence-corrected chi connectivity index (χ3v) is 3.00. The van der Waals surface area contributed by atoms with Crippen molar-refractivity contribution in [2.45, 2.75) is 13.3 Å². The molecule has 0 atom stereocenters. The highest BCUT2D eigenvalue weighted by Crippen LogP contribution is 2.10. The fourth-order valence-corrected chi connectivity index (χ4v) is 1.87. The van der Waals surface area contributed by atoms with Crippen LogP contribution in [0.4, 0.5) is 5.69 Å². The summed E-state index contributed by atoms with van der Waals surface area (Å²) in [6.07, 6.45) is 0.909. The lowest BCUT2D eigenvalue weighted by molar-refractivity contribution is 0.0827. The van der Waals surface area contributed by atoms with Crippen molar-refractivity contribution >= 4 is 28.9 Å². The van der Waals surface area contributed by atoms with Crippen LogP contribution in [0.1, 0.15) is 23.7 Å². The van der Waals surface area contributed by atoms with Crippen molar-refractivity contribution in [3.63, 3.8) is 0 Å². The molecule has 0 saturated carbocycles. The SMILES string of the molecule is CCOCCCNC(=S)Nc1ccc(C(=O)N(C)C)cc1. The van der Waals surface area contributed by atoms with Crippen LogP contribution in [0.2, 0.25) is 0 Å². The molecular weight excluding hydrogens is 286 g/mol. The van der Waals surface area contributed by atoms with Crippen LogP contribution in [0.3, 0.4) is 0 Å². The van der Waals surface area contributed by atoms with Gasteiger partial charge in [-0.25, -0.2) is 0 Å². The van der Waals surface area contributed by atoms with Crippen LogP contribution in [0.5, 0.6) is 0 Å². The molecule has 0 aliphatic carbocycles. The van der Waals surface area contributed by atoms with E-state index in [-0.39, 0.29) is 5.91 Å². The molecule has 0 fully saturated rings. The topological polar surface area (TPSA) is 53.6 Å². The number of amides is 1. The Kier molecular flexibility index (Phi) is 7.71. The van der Waals surface area contributed by atoms with Crippen molar-refractivity contribution in [3.8, 4) is 0 Å². The molecule has 2 N–H and O–H groups in total. The summed E-state index contributed by atoms with van der Waals surface area (Å²) >= 11 is 5.20. The summed E-state index contributed by atoms with van der Waals surface area (Å²) in [5, 5.41) is 6.76. The average molecular weight is 309 g/mol. The number of hydrogen-bond donors (Lipinski definition) is 2. The molecule has 0 unspecified atom stereocenters. The fourth-order valence-electron chi connectivity index (χ4n) is 1.65. The lowest BCUT2D eigenvalue weighted by Crippen LogP contribution is -2.29. The number of carbonyl (C=O) groups is 1. The van der Waals surface area contributed by atoms with Crippen LogP contribution < -0.4 is 10.6 Å². The van der Waals surface area contributed by atoms with Crippen LogP contribution in [0.15, 0.2) is 24.3 Å². The first-order valence-electron chi connectivity index (χ1n) is 6.99. The first kappa shape index (κ1) is 17.4. The summed E-state index contributed by atoms with van der Waals surface area (Å²) in [5.74, 6) is -0.0156. The summed E-state index contributed by atoms with van der Waals surface area (Å²) in [6.45, 7) is 4.21. The Morgan fingerprint density at radius 2 is 1.95 bits per heavy atom. The fraction of sp³-hybridized carbons (Fsp3) is 0.467. The quantitative estimate of drug-likeness (QED) is 0.597. The zero-order valence-electron chi connectivity index (χ0n) is 12.8. The lowest BCUT2D eigenvalue weighted by Gasteiger charge is -2.12. The predicted octanol–water partition coefficient (Wildman–Crippen LogP) is 2.10. The van der Waals surface area contributed by atoms with Gasteiger partial charge < -0.3 is 20.3 Å².